The average Bonchev–Trinajstić information content (AvgIpc) is 3.00. The number of hydrogen-bond donors (Lipinski definition) is 2. The summed E-state index contributed by atoms with van der Waals surface area (Å²) in [5, 5.41) is 6.28. The number of amides is 1. The maximum absolute atomic E-state index is 12.0. The summed E-state index contributed by atoms with van der Waals surface area (Å²) in [6, 6.07) is 8.38. The first-order chi connectivity index (χ1) is 10.5. The molecule has 1 amide bonds. The Labute approximate surface area is 137 Å². The SMILES string of the molecule is CC(CCc1ccc(OC(C)C)cc1)NC(=O)C1CSCN1. The van der Waals surface area contributed by atoms with Crippen molar-refractivity contribution in [2.45, 2.75) is 51.8 Å². The molecule has 22 heavy (non-hydrogen) atoms. The summed E-state index contributed by atoms with van der Waals surface area (Å²) in [6.45, 7) is 6.11. The first-order valence-corrected chi connectivity index (χ1v) is 9.07. The van der Waals surface area contributed by atoms with Gasteiger partial charge < -0.3 is 10.1 Å². The van der Waals surface area contributed by atoms with Crippen molar-refractivity contribution in [2.75, 3.05) is 11.6 Å². The Bertz CT molecular complexity index is 470. The molecule has 1 heterocycles. The molecule has 1 aromatic carbocycles. The predicted molar refractivity (Wildman–Crippen MR) is 92.4 cm³/mol. The van der Waals surface area contributed by atoms with Crippen molar-refractivity contribution in [3.8, 4) is 5.75 Å². The van der Waals surface area contributed by atoms with E-state index in [1.54, 1.807) is 11.8 Å². The van der Waals surface area contributed by atoms with Gasteiger partial charge in [-0.3, -0.25) is 10.1 Å². The van der Waals surface area contributed by atoms with Gasteiger partial charge in [-0.25, -0.2) is 0 Å². The van der Waals surface area contributed by atoms with Crippen LogP contribution in [0.1, 0.15) is 32.8 Å². The second kappa shape index (κ2) is 8.44. The van der Waals surface area contributed by atoms with Gasteiger partial charge in [0.05, 0.1) is 12.1 Å². The minimum Gasteiger partial charge on any atom is -0.491 e. The van der Waals surface area contributed by atoms with Crippen molar-refractivity contribution >= 4 is 17.7 Å². The normalized spacial score (nSPS) is 19.2. The third kappa shape index (κ3) is 5.54. The van der Waals surface area contributed by atoms with E-state index in [1.165, 1.54) is 5.56 Å². The molecule has 0 radical (unpaired) electrons. The highest BCUT2D eigenvalue weighted by Gasteiger charge is 2.23. The smallest absolute Gasteiger partial charge is 0.238 e. The van der Waals surface area contributed by atoms with E-state index in [4.69, 9.17) is 4.74 Å². The Morgan fingerprint density at radius 2 is 2.09 bits per heavy atom. The summed E-state index contributed by atoms with van der Waals surface area (Å²) in [4.78, 5) is 12.0. The zero-order chi connectivity index (χ0) is 15.9. The highest BCUT2D eigenvalue weighted by atomic mass is 32.2. The van der Waals surface area contributed by atoms with Gasteiger partial charge in [0.1, 0.15) is 5.75 Å². The molecule has 2 N–H and O–H groups in total. The number of hydrogen-bond acceptors (Lipinski definition) is 4. The fourth-order valence-corrected chi connectivity index (χ4v) is 3.31. The summed E-state index contributed by atoms with van der Waals surface area (Å²) in [7, 11) is 0. The zero-order valence-corrected chi connectivity index (χ0v) is 14.4. The summed E-state index contributed by atoms with van der Waals surface area (Å²) in [5.41, 5.74) is 1.27. The third-order valence-electron chi connectivity index (χ3n) is 3.58. The molecule has 122 valence electrons. The van der Waals surface area contributed by atoms with Crippen LogP contribution in [0, 0.1) is 0 Å². The van der Waals surface area contributed by atoms with E-state index in [9.17, 15) is 4.79 Å². The third-order valence-corrected chi connectivity index (χ3v) is 4.52. The molecule has 4 nitrogen and oxygen atoms in total. The fourth-order valence-electron chi connectivity index (χ4n) is 2.37. The standard InChI is InChI=1S/C17H26N2O2S/c1-12(2)21-15-8-6-14(7-9-15)5-4-13(3)19-17(20)16-10-22-11-18-16/h6-9,12-13,16,18H,4-5,10-11H2,1-3H3,(H,19,20). The second-order valence-electron chi connectivity index (χ2n) is 6.03. The summed E-state index contributed by atoms with van der Waals surface area (Å²) in [6.07, 6.45) is 2.09. The molecular weight excluding hydrogens is 296 g/mol. The predicted octanol–water partition coefficient (Wildman–Crippen LogP) is 2.57. The minimum absolute atomic E-state index is 0.0279. The number of carbonyl (C=O) groups is 1. The molecule has 0 aromatic heterocycles. The molecule has 0 aliphatic carbocycles. The van der Waals surface area contributed by atoms with E-state index in [0.29, 0.717) is 0 Å². The van der Waals surface area contributed by atoms with Crippen LogP contribution in [-0.4, -0.2) is 35.7 Å². The highest BCUT2D eigenvalue weighted by Crippen LogP contribution is 2.15. The Hall–Kier alpha value is -1.20. The van der Waals surface area contributed by atoms with Crippen LogP contribution in [0.2, 0.25) is 0 Å². The summed E-state index contributed by atoms with van der Waals surface area (Å²) in [5.74, 6) is 2.77. The lowest BCUT2D eigenvalue weighted by Crippen LogP contribution is -2.45. The number of aryl methyl sites for hydroxylation is 1. The van der Waals surface area contributed by atoms with E-state index < -0.39 is 0 Å². The number of nitrogens with one attached hydrogen (secondary N) is 2. The maximum atomic E-state index is 12.0. The summed E-state index contributed by atoms with van der Waals surface area (Å²) < 4.78 is 5.64. The molecule has 0 saturated carbocycles. The Morgan fingerprint density at radius 3 is 2.68 bits per heavy atom. The topological polar surface area (TPSA) is 50.4 Å². The molecule has 5 heteroatoms. The van der Waals surface area contributed by atoms with E-state index in [0.717, 1.165) is 30.2 Å². The number of benzene rings is 1. The van der Waals surface area contributed by atoms with Crippen molar-refractivity contribution in [2.24, 2.45) is 0 Å². The van der Waals surface area contributed by atoms with E-state index in [1.807, 2.05) is 26.0 Å². The van der Waals surface area contributed by atoms with Crippen LogP contribution in [0.5, 0.6) is 5.75 Å². The number of thioether (sulfide) groups is 1. The fraction of sp³-hybridized carbons (Fsp3) is 0.588. The van der Waals surface area contributed by atoms with Gasteiger partial charge in [0.25, 0.3) is 0 Å². The van der Waals surface area contributed by atoms with Gasteiger partial charge in [0.15, 0.2) is 0 Å². The van der Waals surface area contributed by atoms with Gasteiger partial charge >= 0.3 is 0 Å². The lowest BCUT2D eigenvalue weighted by atomic mass is 10.1. The van der Waals surface area contributed by atoms with Gasteiger partial charge in [0, 0.05) is 17.7 Å². The molecule has 2 unspecified atom stereocenters. The van der Waals surface area contributed by atoms with Crippen LogP contribution in [0.4, 0.5) is 0 Å². The first-order valence-electron chi connectivity index (χ1n) is 7.91. The lowest BCUT2D eigenvalue weighted by Gasteiger charge is -2.17. The zero-order valence-electron chi connectivity index (χ0n) is 13.6. The maximum Gasteiger partial charge on any atom is 0.238 e. The molecular formula is C17H26N2O2S. The second-order valence-corrected chi connectivity index (χ2v) is 7.06. The van der Waals surface area contributed by atoms with Gasteiger partial charge in [-0.05, 0) is 51.3 Å². The summed E-state index contributed by atoms with van der Waals surface area (Å²) >= 11 is 1.77. The minimum atomic E-state index is -0.0279. The Morgan fingerprint density at radius 1 is 1.36 bits per heavy atom. The molecule has 0 bridgehead atoms. The average molecular weight is 322 g/mol. The van der Waals surface area contributed by atoms with Crippen LogP contribution >= 0.6 is 11.8 Å². The van der Waals surface area contributed by atoms with Crippen molar-refractivity contribution in [3.63, 3.8) is 0 Å². The van der Waals surface area contributed by atoms with Gasteiger partial charge in [-0.15, -0.1) is 11.8 Å². The van der Waals surface area contributed by atoms with Gasteiger partial charge in [-0.2, -0.15) is 0 Å². The molecule has 1 aromatic rings. The molecule has 1 saturated heterocycles. The number of carbonyl (C=O) groups excluding carboxylic acids is 1. The Kier molecular flexibility index (Phi) is 6.58. The quantitative estimate of drug-likeness (QED) is 0.810. The monoisotopic (exact) mass is 322 g/mol. The van der Waals surface area contributed by atoms with Crippen LogP contribution in [-0.2, 0) is 11.2 Å². The van der Waals surface area contributed by atoms with Crippen molar-refractivity contribution < 1.29 is 9.53 Å². The largest absolute Gasteiger partial charge is 0.491 e. The van der Waals surface area contributed by atoms with E-state index in [2.05, 4.69) is 29.7 Å². The number of ether oxygens (including phenoxy) is 1. The molecule has 1 aliphatic heterocycles. The molecule has 1 fully saturated rings. The highest BCUT2D eigenvalue weighted by molar-refractivity contribution is 7.99. The van der Waals surface area contributed by atoms with Crippen LogP contribution in [0.25, 0.3) is 0 Å². The molecule has 2 atom stereocenters. The van der Waals surface area contributed by atoms with Crippen LogP contribution in [0.3, 0.4) is 0 Å². The molecule has 1 aliphatic rings. The van der Waals surface area contributed by atoms with Crippen LogP contribution < -0.4 is 15.4 Å². The van der Waals surface area contributed by atoms with E-state index in [-0.39, 0.29) is 24.1 Å². The number of rotatable bonds is 7. The lowest BCUT2D eigenvalue weighted by molar-refractivity contribution is -0.123. The van der Waals surface area contributed by atoms with Crippen molar-refractivity contribution in [1.29, 1.82) is 0 Å². The van der Waals surface area contributed by atoms with Gasteiger partial charge in [-0.1, -0.05) is 12.1 Å². The van der Waals surface area contributed by atoms with Crippen molar-refractivity contribution in [3.05, 3.63) is 29.8 Å². The first kappa shape index (κ1) is 17.2. The van der Waals surface area contributed by atoms with Crippen molar-refractivity contribution in [1.82, 2.24) is 10.6 Å². The van der Waals surface area contributed by atoms with Crippen LogP contribution in [0.15, 0.2) is 24.3 Å². The van der Waals surface area contributed by atoms with Gasteiger partial charge in [0.2, 0.25) is 5.91 Å². The molecule has 2 rings (SSSR count). The molecule has 0 spiro atoms. The Balaban J connectivity index is 1.73. The van der Waals surface area contributed by atoms with E-state index >= 15 is 0 Å².